The van der Waals surface area contributed by atoms with Crippen LogP contribution >= 0.6 is 0 Å². The number of carbonyl (C=O) groups is 1. The van der Waals surface area contributed by atoms with Crippen LogP contribution in [0.15, 0.2) is 24.3 Å². The predicted molar refractivity (Wildman–Crippen MR) is 79.7 cm³/mol. The van der Waals surface area contributed by atoms with Crippen molar-refractivity contribution in [3.8, 4) is 11.5 Å². The van der Waals surface area contributed by atoms with Crippen LogP contribution in [0.1, 0.15) is 27.2 Å². The van der Waals surface area contributed by atoms with E-state index < -0.39 is 6.10 Å². The smallest absolute Gasteiger partial charge is 0.265 e. The standard InChI is InChI=1S/C16H23NO4/c1-11(2)19-10-6-9-17-16(18)15-12(3)20-13-7-4-5-8-14(13)21-15/h4-5,7-8,11-12,15H,6,9-10H2,1-3H3,(H,17,18). The fourth-order valence-corrected chi connectivity index (χ4v) is 2.11. The Hall–Kier alpha value is -1.75. The second-order valence-corrected chi connectivity index (χ2v) is 5.37. The van der Waals surface area contributed by atoms with Gasteiger partial charge in [0.1, 0.15) is 6.10 Å². The Balaban J connectivity index is 1.80. The number of ether oxygens (including phenoxy) is 3. The highest BCUT2D eigenvalue weighted by Crippen LogP contribution is 2.33. The monoisotopic (exact) mass is 293 g/mol. The fourth-order valence-electron chi connectivity index (χ4n) is 2.11. The zero-order chi connectivity index (χ0) is 15.2. The third-order valence-electron chi connectivity index (χ3n) is 3.17. The van der Waals surface area contributed by atoms with Crippen molar-refractivity contribution in [2.24, 2.45) is 0 Å². The minimum atomic E-state index is -0.620. The largest absolute Gasteiger partial charge is 0.482 e. The van der Waals surface area contributed by atoms with Crippen molar-refractivity contribution < 1.29 is 19.0 Å². The van der Waals surface area contributed by atoms with Crippen molar-refractivity contribution in [2.45, 2.75) is 45.5 Å². The minimum absolute atomic E-state index is 0.151. The summed E-state index contributed by atoms with van der Waals surface area (Å²) in [7, 11) is 0. The molecule has 1 N–H and O–H groups in total. The molecule has 5 heteroatoms. The Bertz CT molecular complexity index is 475. The third-order valence-corrected chi connectivity index (χ3v) is 3.17. The van der Waals surface area contributed by atoms with Crippen LogP contribution < -0.4 is 14.8 Å². The third kappa shape index (κ3) is 4.36. The van der Waals surface area contributed by atoms with E-state index in [0.29, 0.717) is 24.7 Å². The zero-order valence-electron chi connectivity index (χ0n) is 12.8. The molecule has 1 amide bonds. The van der Waals surface area contributed by atoms with E-state index in [4.69, 9.17) is 14.2 Å². The Morgan fingerprint density at radius 3 is 2.62 bits per heavy atom. The van der Waals surface area contributed by atoms with Gasteiger partial charge in [-0.2, -0.15) is 0 Å². The first-order chi connectivity index (χ1) is 10.1. The maximum absolute atomic E-state index is 12.2. The number of fused-ring (bicyclic) bond motifs is 1. The molecule has 0 bridgehead atoms. The first-order valence-electron chi connectivity index (χ1n) is 7.39. The van der Waals surface area contributed by atoms with Crippen LogP contribution in [0.2, 0.25) is 0 Å². The number of rotatable bonds is 6. The first-order valence-corrected chi connectivity index (χ1v) is 7.39. The molecular weight excluding hydrogens is 270 g/mol. The number of hydrogen-bond acceptors (Lipinski definition) is 4. The summed E-state index contributed by atoms with van der Waals surface area (Å²) in [6, 6.07) is 7.38. The van der Waals surface area contributed by atoms with Crippen LogP contribution in [-0.4, -0.2) is 37.4 Å². The first kappa shape index (κ1) is 15.6. The number of para-hydroxylation sites is 2. The molecule has 0 aliphatic carbocycles. The molecule has 2 unspecified atom stereocenters. The maximum Gasteiger partial charge on any atom is 0.265 e. The molecule has 1 aliphatic rings. The summed E-state index contributed by atoms with van der Waals surface area (Å²) in [5, 5.41) is 2.86. The van der Waals surface area contributed by atoms with E-state index in [1.165, 1.54) is 0 Å². The summed E-state index contributed by atoms with van der Waals surface area (Å²) in [6.45, 7) is 7.02. The molecule has 0 aromatic heterocycles. The van der Waals surface area contributed by atoms with Gasteiger partial charge in [-0.3, -0.25) is 4.79 Å². The van der Waals surface area contributed by atoms with Gasteiger partial charge < -0.3 is 19.5 Å². The Morgan fingerprint density at radius 1 is 1.29 bits per heavy atom. The van der Waals surface area contributed by atoms with Gasteiger partial charge in [0, 0.05) is 13.2 Å². The van der Waals surface area contributed by atoms with Crippen molar-refractivity contribution in [3.63, 3.8) is 0 Å². The van der Waals surface area contributed by atoms with Crippen LogP contribution in [0.3, 0.4) is 0 Å². The highest BCUT2D eigenvalue weighted by atomic mass is 16.6. The summed E-state index contributed by atoms with van der Waals surface area (Å²) in [4.78, 5) is 12.2. The maximum atomic E-state index is 12.2. The number of amides is 1. The molecule has 21 heavy (non-hydrogen) atoms. The molecule has 2 rings (SSSR count). The van der Waals surface area contributed by atoms with Crippen molar-refractivity contribution in [3.05, 3.63) is 24.3 Å². The quantitative estimate of drug-likeness (QED) is 0.817. The van der Waals surface area contributed by atoms with Crippen LogP contribution in [0.5, 0.6) is 11.5 Å². The lowest BCUT2D eigenvalue weighted by Gasteiger charge is -2.31. The molecule has 2 atom stereocenters. The van der Waals surface area contributed by atoms with Crippen LogP contribution in [-0.2, 0) is 9.53 Å². The minimum Gasteiger partial charge on any atom is -0.482 e. The van der Waals surface area contributed by atoms with Gasteiger partial charge >= 0.3 is 0 Å². The van der Waals surface area contributed by atoms with Crippen molar-refractivity contribution in [1.29, 1.82) is 0 Å². The predicted octanol–water partition coefficient (Wildman–Crippen LogP) is 2.15. The van der Waals surface area contributed by atoms with Gasteiger partial charge in [-0.15, -0.1) is 0 Å². The number of hydrogen-bond donors (Lipinski definition) is 1. The SMILES string of the molecule is CC(C)OCCCNC(=O)C1Oc2ccccc2OC1C. The van der Waals surface area contributed by atoms with Gasteiger partial charge in [-0.1, -0.05) is 12.1 Å². The lowest BCUT2D eigenvalue weighted by Crippen LogP contribution is -2.49. The number of nitrogens with one attached hydrogen (secondary N) is 1. The zero-order valence-corrected chi connectivity index (χ0v) is 12.8. The van der Waals surface area contributed by atoms with Gasteiger partial charge in [0.25, 0.3) is 5.91 Å². The summed E-state index contributed by atoms with van der Waals surface area (Å²) in [6.07, 6.45) is 0.0627. The highest BCUT2D eigenvalue weighted by molar-refractivity contribution is 5.82. The fraction of sp³-hybridized carbons (Fsp3) is 0.562. The lowest BCUT2D eigenvalue weighted by atomic mass is 10.1. The van der Waals surface area contributed by atoms with E-state index in [9.17, 15) is 4.79 Å². The van der Waals surface area contributed by atoms with E-state index in [1.807, 2.05) is 39.0 Å². The second kappa shape index (κ2) is 7.31. The lowest BCUT2D eigenvalue weighted by molar-refractivity contribution is -0.133. The molecule has 1 heterocycles. The molecule has 1 aromatic rings. The molecule has 1 aliphatic heterocycles. The number of benzene rings is 1. The van der Waals surface area contributed by atoms with Crippen molar-refractivity contribution in [1.82, 2.24) is 5.32 Å². The van der Waals surface area contributed by atoms with Crippen molar-refractivity contribution in [2.75, 3.05) is 13.2 Å². The molecule has 0 saturated heterocycles. The van der Waals surface area contributed by atoms with Crippen LogP contribution in [0.4, 0.5) is 0 Å². The summed E-state index contributed by atoms with van der Waals surface area (Å²) in [5.41, 5.74) is 0. The van der Waals surface area contributed by atoms with Gasteiger partial charge in [0.2, 0.25) is 6.10 Å². The Morgan fingerprint density at radius 2 is 1.95 bits per heavy atom. The van der Waals surface area contributed by atoms with Gasteiger partial charge in [-0.25, -0.2) is 0 Å². The Kier molecular flexibility index (Phi) is 5.44. The van der Waals surface area contributed by atoms with Gasteiger partial charge in [0.15, 0.2) is 11.5 Å². The van der Waals surface area contributed by atoms with E-state index >= 15 is 0 Å². The molecule has 0 saturated carbocycles. The molecule has 0 fully saturated rings. The van der Waals surface area contributed by atoms with E-state index in [2.05, 4.69) is 5.32 Å². The molecule has 116 valence electrons. The average molecular weight is 293 g/mol. The van der Waals surface area contributed by atoms with E-state index in [1.54, 1.807) is 6.07 Å². The van der Waals surface area contributed by atoms with Gasteiger partial charge in [-0.05, 0) is 39.3 Å². The average Bonchev–Trinajstić information content (AvgIpc) is 2.45. The summed E-state index contributed by atoms with van der Waals surface area (Å²) in [5.74, 6) is 1.14. The molecule has 0 spiro atoms. The molecule has 5 nitrogen and oxygen atoms in total. The van der Waals surface area contributed by atoms with Crippen molar-refractivity contribution >= 4 is 5.91 Å². The van der Waals surface area contributed by atoms with Crippen LogP contribution in [0, 0.1) is 0 Å². The van der Waals surface area contributed by atoms with Crippen LogP contribution in [0.25, 0.3) is 0 Å². The topological polar surface area (TPSA) is 56.8 Å². The second-order valence-electron chi connectivity index (χ2n) is 5.37. The molecular formula is C16H23NO4. The number of carbonyl (C=O) groups excluding carboxylic acids is 1. The van der Waals surface area contributed by atoms with E-state index in [0.717, 1.165) is 6.42 Å². The summed E-state index contributed by atoms with van der Waals surface area (Å²) >= 11 is 0. The van der Waals surface area contributed by atoms with E-state index in [-0.39, 0.29) is 18.1 Å². The molecule has 1 aromatic carbocycles. The van der Waals surface area contributed by atoms with Gasteiger partial charge in [0.05, 0.1) is 6.10 Å². The molecule has 0 radical (unpaired) electrons. The Labute approximate surface area is 125 Å². The normalized spacial score (nSPS) is 20.4. The highest BCUT2D eigenvalue weighted by Gasteiger charge is 2.33. The summed E-state index contributed by atoms with van der Waals surface area (Å²) < 4.78 is 16.9.